The Morgan fingerprint density at radius 3 is 2.70 bits per heavy atom. The second-order valence-corrected chi connectivity index (χ2v) is 5.10. The highest BCUT2D eigenvalue weighted by molar-refractivity contribution is 6.03. The third kappa shape index (κ3) is 3.20. The van der Waals surface area contributed by atoms with E-state index >= 15 is 0 Å². The summed E-state index contributed by atoms with van der Waals surface area (Å²) in [5.41, 5.74) is 1.31. The van der Waals surface area contributed by atoms with Gasteiger partial charge in [-0.05, 0) is 24.5 Å². The molecule has 3 amide bonds. The predicted octanol–water partition coefficient (Wildman–Crippen LogP) is 0.740. The van der Waals surface area contributed by atoms with E-state index in [-0.39, 0.29) is 18.2 Å². The van der Waals surface area contributed by atoms with Crippen molar-refractivity contribution in [3.63, 3.8) is 0 Å². The van der Waals surface area contributed by atoms with Gasteiger partial charge in [-0.1, -0.05) is 13.8 Å². The van der Waals surface area contributed by atoms with Gasteiger partial charge in [-0.25, -0.2) is 0 Å². The van der Waals surface area contributed by atoms with Crippen molar-refractivity contribution in [2.45, 2.75) is 38.6 Å². The largest absolute Gasteiger partial charge is 0.340 e. The quantitative estimate of drug-likeness (QED) is 0.796. The van der Waals surface area contributed by atoms with Crippen LogP contribution in [-0.2, 0) is 9.59 Å². The number of carbonyl (C=O) groups is 3. The number of carbonyl (C=O) groups excluding carboxylic acids is 3. The first kappa shape index (κ1) is 14.2. The molecule has 1 fully saturated rings. The summed E-state index contributed by atoms with van der Waals surface area (Å²) in [5.74, 6) is -0.825. The summed E-state index contributed by atoms with van der Waals surface area (Å²) in [5, 5.41) is 4.81. The second-order valence-electron chi connectivity index (χ2n) is 5.10. The van der Waals surface area contributed by atoms with Crippen LogP contribution in [0.3, 0.4) is 0 Å². The summed E-state index contributed by atoms with van der Waals surface area (Å²) >= 11 is 0. The van der Waals surface area contributed by atoms with Crippen LogP contribution in [0.2, 0.25) is 0 Å². The van der Waals surface area contributed by atoms with Crippen LogP contribution in [0, 0.1) is 0 Å². The lowest BCUT2D eigenvalue weighted by atomic mass is 10.1. The van der Waals surface area contributed by atoms with E-state index in [1.807, 2.05) is 13.8 Å². The minimum absolute atomic E-state index is 0.237. The molecule has 1 aromatic rings. The van der Waals surface area contributed by atoms with Gasteiger partial charge in [0, 0.05) is 18.3 Å². The monoisotopic (exact) mass is 275 g/mol. The van der Waals surface area contributed by atoms with E-state index in [2.05, 4.69) is 15.6 Å². The zero-order valence-corrected chi connectivity index (χ0v) is 11.5. The highest BCUT2D eigenvalue weighted by atomic mass is 16.2. The Labute approximate surface area is 117 Å². The molecule has 6 nitrogen and oxygen atoms in total. The van der Waals surface area contributed by atoms with Gasteiger partial charge in [-0.2, -0.15) is 0 Å². The Morgan fingerprint density at radius 2 is 2.15 bits per heavy atom. The minimum Gasteiger partial charge on any atom is -0.340 e. The molecule has 2 heterocycles. The third-order valence-corrected chi connectivity index (χ3v) is 3.18. The molecular weight excluding hydrogens is 258 g/mol. The maximum absolute atomic E-state index is 12.0. The molecule has 106 valence electrons. The van der Waals surface area contributed by atoms with Gasteiger partial charge < -0.3 is 5.32 Å². The highest BCUT2D eigenvalue weighted by Gasteiger charge is 2.28. The van der Waals surface area contributed by atoms with E-state index in [0.717, 1.165) is 5.69 Å². The summed E-state index contributed by atoms with van der Waals surface area (Å²) in [6.07, 6.45) is 2.06. The minimum atomic E-state index is -0.662. The van der Waals surface area contributed by atoms with Crippen LogP contribution < -0.4 is 10.6 Å². The van der Waals surface area contributed by atoms with E-state index in [0.29, 0.717) is 17.9 Å². The first-order chi connectivity index (χ1) is 9.47. The van der Waals surface area contributed by atoms with Gasteiger partial charge in [0.2, 0.25) is 11.8 Å². The fraction of sp³-hybridized carbons (Fsp3) is 0.429. The summed E-state index contributed by atoms with van der Waals surface area (Å²) in [7, 11) is 0. The lowest BCUT2D eigenvalue weighted by molar-refractivity contribution is -0.134. The number of amides is 3. The van der Waals surface area contributed by atoms with Crippen molar-refractivity contribution >= 4 is 17.7 Å². The molecule has 6 heteroatoms. The van der Waals surface area contributed by atoms with Gasteiger partial charge in [0.25, 0.3) is 5.91 Å². The Bertz CT molecular complexity index is 537. The fourth-order valence-electron chi connectivity index (χ4n) is 1.95. The zero-order valence-electron chi connectivity index (χ0n) is 11.5. The van der Waals surface area contributed by atoms with Gasteiger partial charge in [0.05, 0.1) is 5.56 Å². The molecule has 1 atom stereocenters. The topological polar surface area (TPSA) is 88.2 Å². The molecule has 0 saturated carbocycles. The smallest absolute Gasteiger partial charge is 0.253 e. The molecule has 2 rings (SSSR count). The third-order valence-electron chi connectivity index (χ3n) is 3.18. The molecule has 0 spiro atoms. The maximum Gasteiger partial charge on any atom is 0.253 e. The number of nitrogens with one attached hydrogen (secondary N) is 2. The SMILES string of the molecule is CC(C)c1ccc(C(=O)N[C@H]2CCC(=O)NC2=O)cn1. The normalized spacial score (nSPS) is 18.9. The molecule has 0 aliphatic carbocycles. The van der Waals surface area contributed by atoms with Gasteiger partial charge in [0.1, 0.15) is 6.04 Å². The number of rotatable bonds is 3. The molecule has 0 unspecified atom stereocenters. The standard InChI is InChI=1S/C14H17N3O3/c1-8(2)10-4-3-9(7-15-10)13(19)16-11-5-6-12(18)17-14(11)20/h3-4,7-8,11H,5-6H2,1-2H3,(H,16,19)(H,17,18,20)/t11-/m0/s1. The van der Waals surface area contributed by atoms with Gasteiger partial charge >= 0.3 is 0 Å². The fourth-order valence-corrected chi connectivity index (χ4v) is 1.95. The molecule has 0 bridgehead atoms. The number of aromatic nitrogens is 1. The second kappa shape index (κ2) is 5.81. The maximum atomic E-state index is 12.0. The zero-order chi connectivity index (χ0) is 14.7. The van der Waals surface area contributed by atoms with Crippen LogP contribution in [0.15, 0.2) is 18.3 Å². The van der Waals surface area contributed by atoms with E-state index in [9.17, 15) is 14.4 Å². The van der Waals surface area contributed by atoms with Crippen LogP contribution in [-0.4, -0.2) is 28.7 Å². The summed E-state index contributed by atoms with van der Waals surface area (Å²) in [6, 6.07) is 2.82. The summed E-state index contributed by atoms with van der Waals surface area (Å²) in [6.45, 7) is 4.04. The average molecular weight is 275 g/mol. The Kier molecular flexibility index (Phi) is 4.12. The number of hydrogen-bond acceptors (Lipinski definition) is 4. The van der Waals surface area contributed by atoms with E-state index in [4.69, 9.17) is 0 Å². The first-order valence-corrected chi connectivity index (χ1v) is 6.58. The van der Waals surface area contributed by atoms with E-state index in [1.165, 1.54) is 6.20 Å². The Balaban J connectivity index is 2.01. The van der Waals surface area contributed by atoms with Crippen LogP contribution in [0.4, 0.5) is 0 Å². The molecule has 20 heavy (non-hydrogen) atoms. The van der Waals surface area contributed by atoms with Crippen LogP contribution in [0.25, 0.3) is 0 Å². The average Bonchev–Trinajstić information content (AvgIpc) is 2.42. The summed E-state index contributed by atoms with van der Waals surface area (Å²) in [4.78, 5) is 38.8. The molecule has 1 aliphatic rings. The van der Waals surface area contributed by atoms with Crippen LogP contribution in [0.1, 0.15) is 48.7 Å². The van der Waals surface area contributed by atoms with Crippen LogP contribution >= 0.6 is 0 Å². The number of nitrogens with zero attached hydrogens (tertiary/aromatic N) is 1. The summed E-state index contributed by atoms with van der Waals surface area (Å²) < 4.78 is 0. The molecule has 2 N–H and O–H groups in total. The van der Waals surface area contributed by atoms with Gasteiger partial charge in [-0.15, -0.1) is 0 Å². The van der Waals surface area contributed by atoms with Crippen molar-refractivity contribution in [1.82, 2.24) is 15.6 Å². The van der Waals surface area contributed by atoms with Crippen molar-refractivity contribution in [2.24, 2.45) is 0 Å². The van der Waals surface area contributed by atoms with Gasteiger partial charge in [0.15, 0.2) is 0 Å². The lowest BCUT2D eigenvalue weighted by Gasteiger charge is -2.21. The number of hydrogen-bond donors (Lipinski definition) is 2. The molecule has 1 aromatic heterocycles. The van der Waals surface area contributed by atoms with Crippen molar-refractivity contribution < 1.29 is 14.4 Å². The molecule has 0 radical (unpaired) electrons. The first-order valence-electron chi connectivity index (χ1n) is 6.58. The van der Waals surface area contributed by atoms with Crippen LogP contribution in [0.5, 0.6) is 0 Å². The van der Waals surface area contributed by atoms with Crippen molar-refractivity contribution in [3.05, 3.63) is 29.6 Å². The molecule has 1 saturated heterocycles. The highest BCUT2D eigenvalue weighted by Crippen LogP contribution is 2.12. The molecule has 0 aromatic carbocycles. The Hall–Kier alpha value is -2.24. The van der Waals surface area contributed by atoms with E-state index < -0.39 is 11.9 Å². The lowest BCUT2D eigenvalue weighted by Crippen LogP contribution is -2.52. The van der Waals surface area contributed by atoms with Gasteiger partial charge in [-0.3, -0.25) is 24.7 Å². The molecule has 1 aliphatic heterocycles. The number of piperidine rings is 1. The predicted molar refractivity (Wildman–Crippen MR) is 72.0 cm³/mol. The van der Waals surface area contributed by atoms with Crippen molar-refractivity contribution in [1.29, 1.82) is 0 Å². The van der Waals surface area contributed by atoms with Crippen molar-refractivity contribution in [3.8, 4) is 0 Å². The number of imide groups is 1. The van der Waals surface area contributed by atoms with Crippen molar-refractivity contribution in [2.75, 3.05) is 0 Å². The van der Waals surface area contributed by atoms with E-state index in [1.54, 1.807) is 12.1 Å². The molecular formula is C14H17N3O3. The number of pyridine rings is 1. The Morgan fingerprint density at radius 1 is 1.40 bits per heavy atom.